The number of quaternary nitrogens is 1. The molecule has 214 valence electrons. The summed E-state index contributed by atoms with van der Waals surface area (Å²) in [7, 11) is 0. The van der Waals surface area contributed by atoms with E-state index in [1.165, 1.54) is 23.5 Å². The third kappa shape index (κ3) is 7.13. The number of nitrogens with one attached hydrogen (secondary N) is 1. The molecule has 14 nitrogen and oxygen atoms in total. The third-order valence-corrected chi connectivity index (χ3v) is 7.30. The van der Waals surface area contributed by atoms with Crippen LogP contribution in [0.5, 0.6) is 0 Å². The smallest absolute Gasteiger partial charge is 0.414 e. The number of thioether (sulfide) groups is 2. The quantitative estimate of drug-likeness (QED) is 0.125. The van der Waals surface area contributed by atoms with Gasteiger partial charge in [0.15, 0.2) is 0 Å². The fourth-order valence-corrected chi connectivity index (χ4v) is 5.02. The normalized spacial score (nSPS) is 12.7. The van der Waals surface area contributed by atoms with Crippen LogP contribution in [0, 0.1) is 20.2 Å². The molecule has 0 aliphatic rings. The number of amides is 2. The van der Waals surface area contributed by atoms with Gasteiger partial charge in [-0.05, 0) is 30.4 Å². The highest BCUT2D eigenvalue weighted by Gasteiger charge is 2.55. The molecule has 2 aromatic carbocycles. The zero-order valence-electron chi connectivity index (χ0n) is 21.4. The number of nitrogens with zero attached hydrogens (tertiary/aromatic N) is 3. The fraction of sp³-hybridized carbons (Fsp3) is 0.333. The molecule has 16 heteroatoms. The summed E-state index contributed by atoms with van der Waals surface area (Å²) < 4.78 is -1.34. The van der Waals surface area contributed by atoms with Gasteiger partial charge in [-0.1, -0.05) is 0 Å². The molecular formula is C24H27N4O10S2+. The number of aliphatic carboxylic acids is 2. The van der Waals surface area contributed by atoms with Gasteiger partial charge in [0.05, 0.1) is 9.85 Å². The van der Waals surface area contributed by atoms with E-state index in [9.17, 15) is 49.6 Å². The second-order valence-corrected chi connectivity index (χ2v) is 10.3. The summed E-state index contributed by atoms with van der Waals surface area (Å²) in [6.07, 6.45) is 3.22. The van der Waals surface area contributed by atoms with Gasteiger partial charge >= 0.3 is 23.8 Å². The van der Waals surface area contributed by atoms with E-state index in [1.54, 1.807) is 12.5 Å². The van der Waals surface area contributed by atoms with Crippen molar-refractivity contribution >= 4 is 70.0 Å². The van der Waals surface area contributed by atoms with Crippen molar-refractivity contribution in [2.45, 2.75) is 24.9 Å². The molecule has 0 fully saturated rings. The predicted molar refractivity (Wildman–Crippen MR) is 150 cm³/mol. The monoisotopic (exact) mass is 595 g/mol. The average molecular weight is 596 g/mol. The van der Waals surface area contributed by atoms with Crippen LogP contribution in [0.1, 0.15) is 12.8 Å². The number of benzene rings is 2. The molecule has 3 N–H and O–H groups in total. The Morgan fingerprint density at radius 2 is 1.23 bits per heavy atom. The minimum Gasteiger partial charge on any atom is -0.480 e. The second-order valence-electron chi connectivity index (χ2n) is 8.36. The lowest BCUT2D eigenvalue weighted by Crippen LogP contribution is -2.65. The van der Waals surface area contributed by atoms with Crippen molar-refractivity contribution in [1.29, 1.82) is 0 Å². The van der Waals surface area contributed by atoms with Crippen LogP contribution in [0.4, 0.5) is 22.7 Å². The number of hydrogen-bond donors (Lipinski definition) is 3. The summed E-state index contributed by atoms with van der Waals surface area (Å²) >= 11 is 2.58. The van der Waals surface area contributed by atoms with Gasteiger partial charge in [0.2, 0.25) is 6.04 Å². The minimum absolute atomic E-state index is 0.0284. The summed E-state index contributed by atoms with van der Waals surface area (Å²) in [5.41, 5.74) is -1.05. The van der Waals surface area contributed by atoms with Gasteiger partial charge in [-0.15, -0.1) is 0 Å². The predicted octanol–water partition coefficient (Wildman–Crippen LogP) is 3.20. The van der Waals surface area contributed by atoms with Crippen molar-refractivity contribution < 1.29 is 39.2 Å². The number of carboxylic acid groups (broad SMARTS) is 2. The van der Waals surface area contributed by atoms with Gasteiger partial charge in [-0.25, -0.2) is 14.4 Å². The van der Waals surface area contributed by atoms with Gasteiger partial charge in [-0.2, -0.15) is 28.0 Å². The Kier molecular flexibility index (Phi) is 11.6. The van der Waals surface area contributed by atoms with Gasteiger partial charge in [0, 0.05) is 55.0 Å². The Hall–Kier alpha value is -4.02. The van der Waals surface area contributed by atoms with Crippen molar-refractivity contribution in [3.63, 3.8) is 0 Å². The lowest BCUT2D eigenvalue weighted by atomic mass is 10.0. The zero-order valence-corrected chi connectivity index (χ0v) is 23.1. The standard InChI is InChI=1S/C24H26N4O10S2/c1-39-13-11-19(23(31)32)25-21(29)22(30)28(20(24(33)34)12-14-40-2,17-7-3-15(4-8-17)26(35)36)18-9-5-16(6-10-18)27(37)38/h3-10,19-20H,11-14H2,1-2H3,(H2-,25,29,31,32,33,34)/p+1/t19-,20+/m0/s1. The van der Waals surface area contributed by atoms with E-state index in [4.69, 9.17) is 0 Å². The Balaban J connectivity index is 2.90. The Morgan fingerprint density at radius 3 is 1.57 bits per heavy atom. The lowest BCUT2D eigenvalue weighted by Gasteiger charge is -2.39. The van der Waals surface area contributed by atoms with Crippen LogP contribution in [0.25, 0.3) is 0 Å². The molecule has 0 aliphatic carbocycles. The minimum atomic E-state index is -1.68. The Bertz CT molecular complexity index is 1210. The Labute approximate surface area is 236 Å². The molecule has 0 heterocycles. The maximum Gasteiger partial charge on any atom is 0.414 e. The highest BCUT2D eigenvalue weighted by molar-refractivity contribution is 7.98. The van der Waals surface area contributed by atoms with Crippen molar-refractivity contribution in [3.8, 4) is 0 Å². The summed E-state index contributed by atoms with van der Waals surface area (Å²) in [5, 5.41) is 44.7. The van der Waals surface area contributed by atoms with E-state index < -0.39 is 50.2 Å². The maximum atomic E-state index is 14.2. The van der Waals surface area contributed by atoms with E-state index in [-0.39, 0.29) is 41.3 Å². The van der Waals surface area contributed by atoms with Gasteiger partial charge < -0.3 is 15.5 Å². The molecule has 2 rings (SSSR count). The number of rotatable bonds is 14. The van der Waals surface area contributed by atoms with E-state index in [1.807, 2.05) is 0 Å². The third-order valence-electron chi connectivity index (χ3n) is 6.01. The molecule has 2 atom stereocenters. The van der Waals surface area contributed by atoms with Gasteiger partial charge in [0.1, 0.15) is 17.4 Å². The van der Waals surface area contributed by atoms with E-state index in [0.717, 1.165) is 48.5 Å². The van der Waals surface area contributed by atoms with Crippen molar-refractivity contribution in [3.05, 3.63) is 68.8 Å². The molecule has 40 heavy (non-hydrogen) atoms. The SMILES string of the molecule is CSCC[C@H](NC(=O)C(=O)[N+](c1ccc([N+](=O)[O-])cc1)(c1ccc([N+](=O)[O-])cc1)[C@H](CCSC)C(=O)O)C(=O)O. The molecule has 0 bridgehead atoms. The van der Waals surface area contributed by atoms with E-state index in [0.29, 0.717) is 5.75 Å². The van der Waals surface area contributed by atoms with Crippen LogP contribution in [0.2, 0.25) is 0 Å². The molecule has 0 spiro atoms. The zero-order chi connectivity index (χ0) is 30.0. The summed E-state index contributed by atoms with van der Waals surface area (Å²) in [6, 6.07) is 5.50. The number of non-ortho nitro benzene ring substituents is 2. The first-order valence-electron chi connectivity index (χ1n) is 11.6. The number of nitro groups is 2. The van der Waals surface area contributed by atoms with Gasteiger partial charge in [0.25, 0.3) is 11.4 Å². The summed E-state index contributed by atoms with van der Waals surface area (Å²) in [4.78, 5) is 73.2. The molecule has 2 amide bonds. The summed E-state index contributed by atoms with van der Waals surface area (Å²) in [6.45, 7) is 0. The number of hydrogen-bond acceptors (Lipinski definition) is 10. The van der Waals surface area contributed by atoms with Crippen LogP contribution in [-0.2, 0) is 19.2 Å². The topological polar surface area (TPSA) is 207 Å². The highest BCUT2D eigenvalue weighted by atomic mass is 32.2. The van der Waals surface area contributed by atoms with Crippen LogP contribution >= 0.6 is 23.5 Å². The fourth-order valence-electron chi connectivity index (χ4n) is 4.09. The van der Waals surface area contributed by atoms with Crippen molar-refractivity contribution in [2.24, 2.45) is 0 Å². The number of nitro benzene ring substituents is 2. The highest BCUT2D eigenvalue weighted by Crippen LogP contribution is 2.41. The molecule has 0 aromatic heterocycles. The molecular weight excluding hydrogens is 568 g/mol. The van der Waals surface area contributed by atoms with Gasteiger partial charge in [-0.3, -0.25) is 25.0 Å². The van der Waals surface area contributed by atoms with Crippen molar-refractivity contribution in [2.75, 3.05) is 24.0 Å². The van der Waals surface area contributed by atoms with Crippen LogP contribution in [-0.4, -0.2) is 79.9 Å². The van der Waals surface area contributed by atoms with Crippen molar-refractivity contribution in [1.82, 2.24) is 9.80 Å². The maximum absolute atomic E-state index is 14.2. The average Bonchev–Trinajstić information content (AvgIpc) is 2.92. The summed E-state index contributed by atoms with van der Waals surface area (Å²) in [5.74, 6) is -5.13. The number of carbonyl (C=O) groups is 4. The molecule has 0 aliphatic heterocycles. The number of carbonyl (C=O) groups excluding carboxylic acids is 2. The molecule has 0 saturated heterocycles. The first kappa shape index (κ1) is 32.2. The van der Waals surface area contributed by atoms with Crippen LogP contribution in [0.15, 0.2) is 48.5 Å². The first-order chi connectivity index (χ1) is 18.9. The Morgan fingerprint density at radius 1 is 0.800 bits per heavy atom. The second kappa shape index (κ2) is 14.4. The molecule has 0 saturated carbocycles. The first-order valence-corrected chi connectivity index (χ1v) is 14.4. The van der Waals surface area contributed by atoms with E-state index in [2.05, 4.69) is 5.32 Å². The largest absolute Gasteiger partial charge is 0.480 e. The molecule has 0 radical (unpaired) electrons. The lowest BCUT2D eigenvalue weighted by molar-refractivity contribution is -0.385. The van der Waals surface area contributed by atoms with E-state index >= 15 is 0 Å². The van der Waals surface area contributed by atoms with Crippen LogP contribution < -0.4 is 9.80 Å². The molecule has 0 unspecified atom stereocenters. The number of carboxylic acids is 2. The molecule has 2 aromatic rings. The van der Waals surface area contributed by atoms with Crippen LogP contribution in [0.3, 0.4) is 0 Å².